The molecule has 0 saturated carbocycles. The van der Waals surface area contributed by atoms with Crippen LogP contribution < -0.4 is 10.6 Å². The Morgan fingerprint density at radius 2 is 2.00 bits per heavy atom. The topological polar surface area (TPSA) is 122 Å². The number of H-pyrrole nitrogens is 1. The van der Waals surface area contributed by atoms with Gasteiger partial charge in [0.25, 0.3) is 0 Å². The lowest BCUT2D eigenvalue weighted by Crippen LogP contribution is -2.50. The number of carbonyl (C=O) groups excluding carboxylic acids is 1. The molecule has 0 unspecified atom stereocenters. The number of anilines is 2. The van der Waals surface area contributed by atoms with E-state index in [0.717, 1.165) is 11.0 Å². The van der Waals surface area contributed by atoms with E-state index in [1.54, 1.807) is 18.2 Å². The molecule has 3 N–H and O–H groups in total. The van der Waals surface area contributed by atoms with Crippen LogP contribution >= 0.6 is 0 Å². The van der Waals surface area contributed by atoms with E-state index < -0.39 is 0 Å². The summed E-state index contributed by atoms with van der Waals surface area (Å²) >= 11 is 0. The predicted octanol–water partition coefficient (Wildman–Crippen LogP) is 1.65. The van der Waals surface area contributed by atoms with Crippen LogP contribution in [0.1, 0.15) is 4.28 Å². The Hall–Kier alpha value is -3.24. The number of aromatic nitrogens is 4. The zero-order valence-corrected chi connectivity index (χ0v) is 16.9. The van der Waals surface area contributed by atoms with Crippen LogP contribution in [0.3, 0.4) is 0 Å². The first-order chi connectivity index (χ1) is 14.7. The second-order valence-corrected chi connectivity index (χ2v) is 6.98. The van der Waals surface area contributed by atoms with Gasteiger partial charge >= 0.3 is 0 Å². The fraction of sp³-hybridized carbons (Fsp3) is 0.400. The number of rotatable bonds is 7. The molecule has 0 atom stereocenters. The predicted molar refractivity (Wildman–Crippen MR) is 119 cm³/mol. The molecule has 2 aromatic heterocycles. The van der Waals surface area contributed by atoms with Gasteiger partial charge in [-0.15, -0.1) is 0 Å². The van der Waals surface area contributed by atoms with Crippen molar-refractivity contribution in [2.24, 2.45) is 0 Å². The number of carbonyl (C=O) groups is 1. The van der Waals surface area contributed by atoms with Gasteiger partial charge in [-0.05, 0) is 12.1 Å². The Balaban J connectivity index is 0.00000181. The first kappa shape index (κ1) is 20.0. The van der Waals surface area contributed by atoms with E-state index in [1.807, 2.05) is 24.3 Å². The van der Waals surface area contributed by atoms with E-state index in [1.165, 1.54) is 0 Å². The first-order valence-electron chi connectivity index (χ1n) is 9.83. The monoisotopic (exact) mass is 417 g/mol. The summed E-state index contributed by atoms with van der Waals surface area (Å²) in [5.74, 6) is 1.60. The van der Waals surface area contributed by atoms with Gasteiger partial charge in [0.15, 0.2) is 17.3 Å². The van der Waals surface area contributed by atoms with Crippen LogP contribution in [-0.4, -0.2) is 83.9 Å². The zero-order chi connectivity index (χ0) is 20.9. The summed E-state index contributed by atoms with van der Waals surface area (Å²) < 4.78 is 10.2. The van der Waals surface area contributed by atoms with Crippen molar-refractivity contribution in [3.05, 3.63) is 30.5 Å². The minimum atomic E-state index is -0.0166. The van der Waals surface area contributed by atoms with Crippen molar-refractivity contribution in [3.63, 3.8) is 0 Å². The summed E-state index contributed by atoms with van der Waals surface area (Å²) in [6, 6.07) is 7.76. The van der Waals surface area contributed by atoms with Crippen LogP contribution in [-0.2, 0) is 14.3 Å². The number of nitrogen functional groups attached to an aromatic ring is 1. The lowest BCUT2D eigenvalue weighted by Gasteiger charge is -2.35. The number of nitrogens with one attached hydrogen (secondary N) is 1. The second kappa shape index (κ2) is 9.06. The molecule has 10 heteroatoms. The van der Waals surface area contributed by atoms with Gasteiger partial charge in [0.2, 0.25) is 5.91 Å². The van der Waals surface area contributed by atoms with Gasteiger partial charge in [0.05, 0.1) is 30.4 Å². The molecule has 0 bridgehead atoms. The lowest BCUT2D eigenvalue weighted by molar-refractivity contribution is -0.136. The highest BCUT2D eigenvalue weighted by Gasteiger charge is 2.23. The van der Waals surface area contributed by atoms with Crippen molar-refractivity contribution >= 4 is 28.6 Å². The third kappa shape index (κ3) is 4.34. The highest BCUT2D eigenvalue weighted by Crippen LogP contribution is 2.25. The Morgan fingerprint density at radius 3 is 2.77 bits per heavy atom. The Bertz CT molecular complexity index is 996. The van der Waals surface area contributed by atoms with Gasteiger partial charge in [-0.25, -0.2) is 15.0 Å². The second-order valence-electron chi connectivity index (χ2n) is 6.98. The van der Waals surface area contributed by atoms with E-state index in [-0.39, 0.29) is 16.8 Å². The molecule has 164 valence electrons. The van der Waals surface area contributed by atoms with Gasteiger partial charge < -0.3 is 30.0 Å². The fourth-order valence-electron chi connectivity index (χ4n) is 3.36. The number of piperazine rings is 1. The normalized spacial score (nSPS) is 14.4. The van der Waals surface area contributed by atoms with Gasteiger partial charge in [-0.1, -0.05) is 12.1 Å². The average molecular weight is 418 g/mol. The summed E-state index contributed by atoms with van der Waals surface area (Å²) in [6.45, 7) is 3.46. The van der Waals surface area contributed by atoms with Crippen molar-refractivity contribution in [3.8, 4) is 11.5 Å². The summed E-state index contributed by atoms with van der Waals surface area (Å²) in [7, 11) is 1.60. The molecule has 3 heterocycles. The minimum Gasteiger partial charge on any atom is -0.382 e. The van der Waals surface area contributed by atoms with Crippen LogP contribution in [0.5, 0.6) is 0 Å². The number of imidazole rings is 1. The van der Waals surface area contributed by atoms with Gasteiger partial charge in [-0.2, -0.15) is 0 Å². The van der Waals surface area contributed by atoms with E-state index >= 15 is 0 Å². The number of methoxy groups -OCH3 is 1. The third-order valence-corrected chi connectivity index (χ3v) is 5.02. The van der Waals surface area contributed by atoms with Gasteiger partial charge in [0.1, 0.15) is 12.4 Å². The molecule has 1 fully saturated rings. The molecule has 0 radical (unpaired) electrons. The summed E-state index contributed by atoms with van der Waals surface area (Å²) in [5, 5.41) is 0. The molecule has 30 heavy (non-hydrogen) atoms. The van der Waals surface area contributed by atoms with Crippen molar-refractivity contribution in [1.82, 2.24) is 24.8 Å². The molecule has 4 rings (SSSR count). The average Bonchev–Trinajstić information content (AvgIpc) is 3.21. The number of hydrogen-bond donors (Lipinski definition) is 2. The number of hydrogen-bond acceptors (Lipinski definition) is 8. The van der Waals surface area contributed by atoms with Crippen LogP contribution in [0.15, 0.2) is 30.5 Å². The van der Waals surface area contributed by atoms with Crippen molar-refractivity contribution in [2.45, 2.75) is 0 Å². The maximum Gasteiger partial charge on any atom is 0.248 e. The van der Waals surface area contributed by atoms with Gasteiger partial charge in [0, 0.05) is 37.6 Å². The van der Waals surface area contributed by atoms with Crippen molar-refractivity contribution in [1.29, 1.82) is 0 Å². The van der Waals surface area contributed by atoms with E-state index in [0.29, 0.717) is 62.5 Å². The fourth-order valence-corrected chi connectivity index (χ4v) is 3.36. The Labute approximate surface area is 178 Å². The highest BCUT2D eigenvalue weighted by atomic mass is 16.5. The van der Waals surface area contributed by atoms with E-state index in [9.17, 15) is 4.79 Å². The quantitative estimate of drug-likeness (QED) is 0.557. The van der Waals surface area contributed by atoms with E-state index in [2.05, 4.69) is 19.9 Å². The summed E-state index contributed by atoms with van der Waals surface area (Å²) in [4.78, 5) is 33.0. The molecule has 0 spiro atoms. The summed E-state index contributed by atoms with van der Waals surface area (Å²) in [5.41, 5.74) is 8.36. The van der Waals surface area contributed by atoms with Crippen LogP contribution in [0, 0.1) is 0 Å². The van der Waals surface area contributed by atoms with Crippen LogP contribution in [0.4, 0.5) is 11.6 Å². The maximum atomic E-state index is 12.3. The summed E-state index contributed by atoms with van der Waals surface area (Å²) in [6.07, 6.45) is 1.66. The van der Waals surface area contributed by atoms with E-state index in [4.69, 9.17) is 20.2 Å². The number of amides is 1. The smallest absolute Gasteiger partial charge is 0.248 e. The van der Waals surface area contributed by atoms with Crippen LogP contribution in [0.2, 0.25) is 0 Å². The lowest BCUT2D eigenvalue weighted by atomic mass is 10.3. The SMILES string of the molecule is COCCOCC(=O)N1CCN(c2cnc(N)c(-c3nc4ccccc4[nH]3)n2)CC1.[HH].[HH].[HH]. The number of nitrogens with two attached hydrogens (primary N) is 1. The zero-order valence-electron chi connectivity index (χ0n) is 16.9. The molecule has 1 aliphatic heterocycles. The van der Waals surface area contributed by atoms with Gasteiger partial charge in [-0.3, -0.25) is 4.79 Å². The standard InChI is InChI=1S/C20H25N7O3.3H2/c1-29-10-11-30-13-17(28)27-8-6-26(7-9-27)16-12-22-19(21)18(25-16)20-23-14-4-2-3-5-15(14)24-20;;;/h2-5,12H,6-11,13H2,1H3,(H2,21,22)(H,23,24);3*1H. The number of ether oxygens (including phenoxy) is 2. The molecule has 1 aliphatic rings. The number of nitrogens with zero attached hydrogens (tertiary/aromatic N) is 5. The molecule has 0 aliphatic carbocycles. The molecule has 1 amide bonds. The molecule has 3 aromatic rings. The number of aromatic amines is 1. The third-order valence-electron chi connectivity index (χ3n) is 5.02. The Morgan fingerprint density at radius 1 is 1.20 bits per heavy atom. The number of benzene rings is 1. The van der Waals surface area contributed by atoms with Crippen molar-refractivity contribution < 1.29 is 18.5 Å². The molecule has 1 saturated heterocycles. The highest BCUT2D eigenvalue weighted by molar-refractivity contribution is 5.80. The molecular formula is C20H31N7O3. The largest absolute Gasteiger partial charge is 0.382 e. The van der Waals surface area contributed by atoms with Crippen molar-refractivity contribution in [2.75, 3.05) is 63.7 Å². The molecule has 1 aromatic carbocycles. The molecular weight excluding hydrogens is 386 g/mol. The number of para-hydroxylation sites is 2. The number of fused-ring (bicyclic) bond motifs is 1. The molecule has 10 nitrogen and oxygen atoms in total. The maximum absolute atomic E-state index is 12.3. The van der Waals surface area contributed by atoms with Crippen LogP contribution in [0.25, 0.3) is 22.6 Å². The Kier molecular flexibility index (Phi) is 6.05. The minimum absolute atomic E-state index is 0. The first-order valence-corrected chi connectivity index (χ1v) is 9.83.